The standard InChI is InChI=1S/C26H34N6O3/c1-17-13-25(2,3)16-26(14-17)23(34)32(24(35)28-26)15-21(33)27-19-9-7-8-18(12-19)22-30-29-20-10-5-4-6-11-31(20)22/h7-9,12,17H,4-6,10-11,13-16H2,1-3H3,(H,27,33)(H,28,35)/t17-,26-/m0/s1. The molecule has 1 aromatic carbocycles. The fourth-order valence-corrected chi connectivity index (χ4v) is 6.43. The van der Waals surface area contributed by atoms with Crippen molar-refractivity contribution < 1.29 is 14.4 Å². The molecule has 2 N–H and O–H groups in total. The molecule has 0 unspecified atom stereocenters. The Balaban J connectivity index is 1.29. The van der Waals surface area contributed by atoms with Gasteiger partial charge in [0, 0.05) is 24.2 Å². The Morgan fingerprint density at radius 3 is 2.80 bits per heavy atom. The number of carbonyl (C=O) groups excluding carboxylic acids is 3. The summed E-state index contributed by atoms with van der Waals surface area (Å²) in [6, 6.07) is 6.97. The van der Waals surface area contributed by atoms with E-state index in [9.17, 15) is 14.4 Å². The minimum absolute atomic E-state index is 0.0563. The van der Waals surface area contributed by atoms with Crippen LogP contribution in [0.25, 0.3) is 11.4 Å². The zero-order valence-electron chi connectivity index (χ0n) is 20.8. The number of rotatable bonds is 4. The smallest absolute Gasteiger partial charge is 0.325 e. The van der Waals surface area contributed by atoms with E-state index < -0.39 is 17.5 Å². The number of hydrogen-bond acceptors (Lipinski definition) is 5. The molecule has 1 aliphatic carbocycles. The van der Waals surface area contributed by atoms with Gasteiger partial charge in [-0.2, -0.15) is 0 Å². The number of urea groups is 1. The molecule has 9 heteroatoms. The van der Waals surface area contributed by atoms with Gasteiger partial charge in [0.05, 0.1) is 0 Å². The number of nitrogens with one attached hydrogen (secondary N) is 2. The second-order valence-electron chi connectivity index (χ2n) is 11.3. The third-order valence-electron chi connectivity index (χ3n) is 7.44. The van der Waals surface area contributed by atoms with Crippen molar-refractivity contribution in [3.63, 3.8) is 0 Å². The summed E-state index contributed by atoms with van der Waals surface area (Å²) in [6.07, 6.45) is 6.50. The van der Waals surface area contributed by atoms with Gasteiger partial charge in [-0.3, -0.25) is 14.5 Å². The van der Waals surface area contributed by atoms with Crippen LogP contribution in [0.2, 0.25) is 0 Å². The normalized spacial score (nSPS) is 25.8. The fraction of sp³-hybridized carbons (Fsp3) is 0.577. The molecule has 2 aliphatic heterocycles. The molecule has 2 fully saturated rings. The highest BCUT2D eigenvalue weighted by molar-refractivity contribution is 6.10. The summed E-state index contributed by atoms with van der Waals surface area (Å²) in [7, 11) is 0. The summed E-state index contributed by atoms with van der Waals surface area (Å²) in [5.41, 5.74) is 0.492. The first kappa shape index (κ1) is 23.5. The second-order valence-corrected chi connectivity index (χ2v) is 11.3. The number of fused-ring (bicyclic) bond motifs is 1. The van der Waals surface area contributed by atoms with Crippen LogP contribution in [0.5, 0.6) is 0 Å². The third kappa shape index (κ3) is 4.56. The van der Waals surface area contributed by atoms with Crippen molar-refractivity contribution in [3.8, 4) is 11.4 Å². The van der Waals surface area contributed by atoms with Crippen molar-refractivity contribution in [2.45, 2.75) is 77.8 Å². The number of imide groups is 1. The van der Waals surface area contributed by atoms with Crippen LogP contribution in [-0.2, 0) is 22.6 Å². The molecule has 4 amide bonds. The minimum Gasteiger partial charge on any atom is -0.325 e. The van der Waals surface area contributed by atoms with Gasteiger partial charge in [0.25, 0.3) is 5.91 Å². The molecule has 0 bridgehead atoms. The van der Waals surface area contributed by atoms with E-state index in [2.05, 4.69) is 46.2 Å². The fourth-order valence-electron chi connectivity index (χ4n) is 6.43. The maximum Gasteiger partial charge on any atom is 0.325 e. The van der Waals surface area contributed by atoms with Crippen LogP contribution in [0.1, 0.15) is 65.1 Å². The number of benzene rings is 1. The van der Waals surface area contributed by atoms with Crippen LogP contribution in [0.4, 0.5) is 10.5 Å². The molecule has 1 spiro atoms. The van der Waals surface area contributed by atoms with E-state index in [-0.39, 0.29) is 17.9 Å². The molecule has 35 heavy (non-hydrogen) atoms. The monoisotopic (exact) mass is 478 g/mol. The molecular formula is C26H34N6O3. The lowest BCUT2D eigenvalue weighted by molar-refractivity contribution is -0.136. The molecule has 1 saturated carbocycles. The first-order chi connectivity index (χ1) is 16.7. The van der Waals surface area contributed by atoms with Gasteiger partial charge in [0.15, 0.2) is 5.82 Å². The first-order valence-corrected chi connectivity index (χ1v) is 12.6. The molecule has 3 heterocycles. The Bertz CT molecular complexity index is 1170. The lowest BCUT2D eigenvalue weighted by Gasteiger charge is -2.43. The van der Waals surface area contributed by atoms with Gasteiger partial charge in [-0.05, 0) is 55.6 Å². The Kier molecular flexibility index (Phi) is 5.89. The SMILES string of the molecule is C[C@H]1CC(C)(C)C[C@]2(C1)NC(=O)N(CC(=O)Nc1cccc(-c3nnc4n3CCCCC4)c1)C2=O. The van der Waals surface area contributed by atoms with Gasteiger partial charge in [-0.15, -0.1) is 10.2 Å². The zero-order chi connectivity index (χ0) is 24.8. The van der Waals surface area contributed by atoms with Gasteiger partial charge in [-0.1, -0.05) is 39.3 Å². The molecule has 3 aliphatic rings. The predicted octanol–water partition coefficient (Wildman–Crippen LogP) is 3.75. The van der Waals surface area contributed by atoms with Crippen molar-refractivity contribution in [1.29, 1.82) is 0 Å². The van der Waals surface area contributed by atoms with E-state index in [1.807, 2.05) is 18.2 Å². The maximum atomic E-state index is 13.3. The van der Waals surface area contributed by atoms with Gasteiger partial charge in [0.1, 0.15) is 17.9 Å². The van der Waals surface area contributed by atoms with Gasteiger partial charge in [-0.25, -0.2) is 4.79 Å². The zero-order valence-corrected chi connectivity index (χ0v) is 20.8. The quantitative estimate of drug-likeness (QED) is 0.651. The summed E-state index contributed by atoms with van der Waals surface area (Å²) >= 11 is 0. The van der Waals surface area contributed by atoms with Crippen molar-refractivity contribution in [2.24, 2.45) is 11.3 Å². The molecule has 2 aromatic rings. The lowest BCUT2D eigenvalue weighted by atomic mass is 9.64. The van der Waals surface area contributed by atoms with Crippen molar-refractivity contribution in [1.82, 2.24) is 25.0 Å². The Morgan fingerprint density at radius 2 is 2.00 bits per heavy atom. The van der Waals surface area contributed by atoms with Gasteiger partial charge >= 0.3 is 6.03 Å². The summed E-state index contributed by atoms with van der Waals surface area (Å²) in [4.78, 5) is 40.0. The molecule has 5 rings (SSSR count). The Hall–Kier alpha value is -3.23. The van der Waals surface area contributed by atoms with E-state index in [1.54, 1.807) is 6.07 Å². The molecular weight excluding hydrogens is 444 g/mol. The highest BCUT2D eigenvalue weighted by Crippen LogP contribution is 2.46. The molecule has 1 aromatic heterocycles. The first-order valence-electron chi connectivity index (χ1n) is 12.6. The molecule has 2 atom stereocenters. The summed E-state index contributed by atoms with van der Waals surface area (Å²) in [5.74, 6) is 1.40. The number of nitrogens with zero attached hydrogens (tertiary/aromatic N) is 4. The largest absolute Gasteiger partial charge is 0.325 e. The Morgan fingerprint density at radius 1 is 1.17 bits per heavy atom. The van der Waals surface area contributed by atoms with E-state index in [0.717, 1.165) is 54.3 Å². The average molecular weight is 479 g/mol. The van der Waals surface area contributed by atoms with Crippen molar-refractivity contribution >= 4 is 23.5 Å². The number of aryl methyl sites for hydroxylation is 1. The van der Waals surface area contributed by atoms with Gasteiger partial charge in [0.2, 0.25) is 5.91 Å². The lowest BCUT2D eigenvalue weighted by Crippen LogP contribution is -2.54. The molecule has 1 saturated heterocycles. The van der Waals surface area contributed by atoms with Crippen molar-refractivity contribution in [2.75, 3.05) is 11.9 Å². The number of aromatic nitrogens is 3. The molecule has 9 nitrogen and oxygen atoms in total. The second kappa shape index (κ2) is 8.77. The average Bonchev–Trinajstić information content (AvgIpc) is 3.15. The topological polar surface area (TPSA) is 109 Å². The molecule has 0 radical (unpaired) electrons. The third-order valence-corrected chi connectivity index (χ3v) is 7.44. The highest BCUT2D eigenvalue weighted by atomic mass is 16.2. The predicted molar refractivity (Wildman–Crippen MR) is 131 cm³/mol. The van der Waals surface area contributed by atoms with Crippen molar-refractivity contribution in [3.05, 3.63) is 30.1 Å². The number of anilines is 1. The minimum atomic E-state index is -0.913. The highest BCUT2D eigenvalue weighted by Gasteiger charge is 2.56. The summed E-state index contributed by atoms with van der Waals surface area (Å²) < 4.78 is 2.16. The van der Waals surface area contributed by atoms with Gasteiger partial charge < -0.3 is 15.2 Å². The number of amides is 4. The van der Waals surface area contributed by atoms with E-state index in [0.29, 0.717) is 24.4 Å². The van der Waals surface area contributed by atoms with Crippen LogP contribution < -0.4 is 10.6 Å². The number of carbonyl (C=O) groups is 3. The Labute approximate surface area is 205 Å². The van der Waals surface area contributed by atoms with E-state index >= 15 is 0 Å². The van der Waals surface area contributed by atoms with Crippen LogP contribution in [0, 0.1) is 11.3 Å². The maximum absolute atomic E-state index is 13.3. The summed E-state index contributed by atoms with van der Waals surface area (Å²) in [5, 5.41) is 14.5. The van der Waals surface area contributed by atoms with E-state index in [1.165, 1.54) is 6.42 Å². The summed E-state index contributed by atoms with van der Waals surface area (Å²) in [6.45, 7) is 6.93. The van der Waals surface area contributed by atoms with Crippen LogP contribution in [0.3, 0.4) is 0 Å². The van der Waals surface area contributed by atoms with Crippen LogP contribution >= 0.6 is 0 Å². The number of hydrogen-bond donors (Lipinski definition) is 2. The van der Waals surface area contributed by atoms with Crippen LogP contribution in [0.15, 0.2) is 24.3 Å². The molecule has 186 valence electrons. The van der Waals surface area contributed by atoms with E-state index in [4.69, 9.17) is 0 Å². The van der Waals surface area contributed by atoms with Crippen LogP contribution in [-0.4, -0.2) is 49.6 Å².